The average Bonchev–Trinajstić information content (AvgIpc) is 3.94. The molecule has 0 radical (unpaired) electrons. The zero-order valence-corrected chi connectivity index (χ0v) is 36.8. The summed E-state index contributed by atoms with van der Waals surface area (Å²) in [6, 6.07) is 84.8. The topological polar surface area (TPSA) is 48.5 Å². The van der Waals surface area contributed by atoms with E-state index in [0.717, 1.165) is 49.7 Å². The van der Waals surface area contributed by atoms with Gasteiger partial charge in [-0.1, -0.05) is 194 Å². The molecular formula is C63H39N5. The van der Waals surface area contributed by atoms with Crippen LogP contribution in [0.2, 0.25) is 0 Å². The maximum Gasteiger partial charge on any atom is 0.238 e. The van der Waals surface area contributed by atoms with Crippen molar-refractivity contribution in [3.05, 3.63) is 237 Å². The minimum atomic E-state index is 0.574. The lowest BCUT2D eigenvalue weighted by Crippen LogP contribution is -2.06. The third kappa shape index (κ3) is 5.86. The number of hydrogen-bond acceptors (Lipinski definition) is 3. The first-order valence-corrected chi connectivity index (χ1v) is 23.1. The van der Waals surface area contributed by atoms with E-state index in [4.69, 9.17) is 15.0 Å². The van der Waals surface area contributed by atoms with Crippen molar-refractivity contribution in [1.82, 2.24) is 24.1 Å². The second-order valence-corrected chi connectivity index (χ2v) is 17.5. The van der Waals surface area contributed by atoms with Crippen LogP contribution in [0.4, 0.5) is 0 Å². The Morgan fingerprint density at radius 2 is 0.691 bits per heavy atom. The van der Waals surface area contributed by atoms with E-state index in [1.165, 1.54) is 65.3 Å². The van der Waals surface area contributed by atoms with Gasteiger partial charge in [-0.3, -0.25) is 4.57 Å². The van der Waals surface area contributed by atoms with Crippen molar-refractivity contribution in [2.45, 2.75) is 0 Å². The number of fused-ring (bicyclic) bond motifs is 13. The van der Waals surface area contributed by atoms with Gasteiger partial charge in [-0.05, 0) is 97.0 Å². The highest BCUT2D eigenvalue weighted by Gasteiger charge is 2.23. The van der Waals surface area contributed by atoms with Crippen molar-refractivity contribution in [3.8, 4) is 56.7 Å². The quantitative estimate of drug-likeness (QED) is 0.156. The minimum Gasteiger partial charge on any atom is -0.309 e. The second-order valence-electron chi connectivity index (χ2n) is 17.5. The molecule has 3 heterocycles. The van der Waals surface area contributed by atoms with Crippen molar-refractivity contribution < 1.29 is 0 Å². The van der Waals surface area contributed by atoms with E-state index < -0.39 is 0 Å². The molecule has 5 nitrogen and oxygen atoms in total. The Bertz CT molecular complexity index is 4210. The van der Waals surface area contributed by atoms with Crippen molar-refractivity contribution >= 4 is 75.9 Å². The lowest BCUT2D eigenvalue weighted by atomic mass is 9.89. The highest BCUT2D eigenvalue weighted by Crippen LogP contribution is 2.44. The monoisotopic (exact) mass is 865 g/mol. The van der Waals surface area contributed by atoms with Gasteiger partial charge >= 0.3 is 0 Å². The first kappa shape index (κ1) is 38.1. The van der Waals surface area contributed by atoms with E-state index in [9.17, 15) is 0 Å². The average molecular weight is 866 g/mol. The van der Waals surface area contributed by atoms with Crippen molar-refractivity contribution in [2.75, 3.05) is 0 Å². The van der Waals surface area contributed by atoms with Gasteiger partial charge in [-0.15, -0.1) is 0 Å². The number of nitrogens with zero attached hydrogens (tertiary/aromatic N) is 5. The van der Waals surface area contributed by atoms with Crippen LogP contribution in [-0.4, -0.2) is 24.1 Å². The fraction of sp³-hybridized carbons (Fsp3) is 0. The summed E-state index contributed by atoms with van der Waals surface area (Å²) in [4.78, 5) is 15.5. The third-order valence-corrected chi connectivity index (χ3v) is 13.8. The molecule has 5 heteroatoms. The van der Waals surface area contributed by atoms with Crippen molar-refractivity contribution in [1.29, 1.82) is 0 Å². The Kier molecular flexibility index (Phi) is 8.52. The number of benzene rings is 11. The van der Waals surface area contributed by atoms with Gasteiger partial charge in [-0.2, -0.15) is 9.97 Å². The lowest BCUT2D eigenvalue weighted by Gasteiger charge is -2.17. The van der Waals surface area contributed by atoms with E-state index in [0.29, 0.717) is 17.6 Å². The fourth-order valence-electron chi connectivity index (χ4n) is 10.8. The molecule has 0 aliphatic rings. The summed E-state index contributed by atoms with van der Waals surface area (Å²) in [6.07, 6.45) is 0. The zero-order valence-electron chi connectivity index (χ0n) is 36.8. The molecule has 0 bridgehead atoms. The van der Waals surface area contributed by atoms with E-state index in [-0.39, 0.29) is 0 Å². The lowest BCUT2D eigenvalue weighted by molar-refractivity contribution is 0.953. The third-order valence-electron chi connectivity index (χ3n) is 13.8. The first-order chi connectivity index (χ1) is 33.7. The van der Waals surface area contributed by atoms with E-state index in [2.05, 4.69) is 209 Å². The minimum absolute atomic E-state index is 0.574. The van der Waals surface area contributed by atoms with Crippen LogP contribution in [0, 0.1) is 0 Å². The van der Waals surface area contributed by atoms with Gasteiger partial charge in [0.05, 0.1) is 22.1 Å². The van der Waals surface area contributed by atoms with E-state index in [1.807, 2.05) is 36.4 Å². The summed E-state index contributed by atoms with van der Waals surface area (Å²) in [7, 11) is 0. The molecule has 14 rings (SSSR count). The molecule has 11 aromatic carbocycles. The molecule has 14 aromatic rings. The van der Waals surface area contributed by atoms with Gasteiger partial charge in [-0.25, -0.2) is 4.98 Å². The van der Waals surface area contributed by atoms with Gasteiger partial charge in [0.2, 0.25) is 5.95 Å². The number of para-hydroxylation sites is 2. The Morgan fingerprint density at radius 1 is 0.250 bits per heavy atom. The van der Waals surface area contributed by atoms with Crippen LogP contribution in [-0.2, 0) is 0 Å². The molecule has 0 saturated heterocycles. The smallest absolute Gasteiger partial charge is 0.238 e. The first-order valence-electron chi connectivity index (χ1n) is 23.1. The van der Waals surface area contributed by atoms with Gasteiger partial charge in [0.25, 0.3) is 0 Å². The SMILES string of the molecule is c1ccc(-c2nc(-c3ccccc3)nc(-n3c4ccccc4c4c5c6ccccc6n(-c6ccc(-c7ccc8c9ccccc9c9ccccc9c8c7)c(-c7ccccc7)c6)c5ccc43)n2)cc1. The molecule has 0 unspecified atom stereocenters. The van der Waals surface area contributed by atoms with Crippen LogP contribution in [0.3, 0.4) is 0 Å². The molecule has 0 atom stereocenters. The fourth-order valence-corrected chi connectivity index (χ4v) is 10.8. The number of rotatable bonds is 6. The number of aromatic nitrogens is 5. The Morgan fingerprint density at radius 3 is 1.25 bits per heavy atom. The highest BCUT2D eigenvalue weighted by atomic mass is 15.2. The molecule has 0 saturated carbocycles. The van der Waals surface area contributed by atoms with E-state index in [1.54, 1.807) is 0 Å². The summed E-state index contributed by atoms with van der Waals surface area (Å²) in [6.45, 7) is 0. The summed E-state index contributed by atoms with van der Waals surface area (Å²) >= 11 is 0. The molecule has 68 heavy (non-hydrogen) atoms. The number of hydrogen-bond donors (Lipinski definition) is 0. The standard InChI is InChI=1S/C63H39N5/c1-4-18-40(19-5-1)53-39-44(33-35-45(53)43-32-34-50-48-26-11-10-24-46(48)47-25-12-13-27-49(47)54(50)38-43)67-55-30-16-14-28-51(55)59-57(67)36-37-58-60(59)52-29-15-17-31-56(52)68(58)63-65-61(41-20-6-2-7-21-41)64-62(66-63)42-22-8-3-9-23-42/h1-39H. The molecule has 3 aromatic heterocycles. The second kappa shape index (κ2) is 15.2. The van der Waals surface area contributed by atoms with E-state index >= 15 is 0 Å². The molecule has 0 spiro atoms. The highest BCUT2D eigenvalue weighted by molar-refractivity contribution is 6.29. The van der Waals surface area contributed by atoms with Crippen LogP contribution in [0.5, 0.6) is 0 Å². The normalized spacial score (nSPS) is 11.8. The van der Waals surface area contributed by atoms with Gasteiger partial charge in [0, 0.05) is 38.4 Å². The Balaban J connectivity index is 1.00. The maximum atomic E-state index is 5.22. The van der Waals surface area contributed by atoms with Gasteiger partial charge in [0.1, 0.15) is 0 Å². The van der Waals surface area contributed by atoms with Crippen LogP contribution in [0.15, 0.2) is 237 Å². The molecule has 0 amide bonds. The summed E-state index contributed by atoms with van der Waals surface area (Å²) in [5.41, 5.74) is 12.0. The molecule has 316 valence electrons. The van der Waals surface area contributed by atoms with Crippen LogP contribution < -0.4 is 0 Å². The largest absolute Gasteiger partial charge is 0.309 e. The molecular weight excluding hydrogens is 827 g/mol. The maximum absolute atomic E-state index is 5.22. The van der Waals surface area contributed by atoms with Crippen molar-refractivity contribution in [2.24, 2.45) is 0 Å². The molecule has 0 aliphatic heterocycles. The Hall–Kier alpha value is -9.19. The summed E-state index contributed by atoms with van der Waals surface area (Å²) < 4.78 is 4.66. The summed E-state index contributed by atoms with van der Waals surface area (Å²) in [5, 5.41) is 12.3. The van der Waals surface area contributed by atoms with Gasteiger partial charge in [0.15, 0.2) is 11.6 Å². The molecule has 0 aliphatic carbocycles. The van der Waals surface area contributed by atoms with Crippen LogP contribution in [0.25, 0.3) is 133 Å². The Labute approximate surface area is 391 Å². The predicted octanol–water partition coefficient (Wildman–Crippen LogP) is 16.2. The van der Waals surface area contributed by atoms with Crippen LogP contribution in [0.1, 0.15) is 0 Å². The summed E-state index contributed by atoms with van der Waals surface area (Å²) in [5.74, 6) is 1.83. The predicted molar refractivity (Wildman–Crippen MR) is 283 cm³/mol. The van der Waals surface area contributed by atoms with Crippen molar-refractivity contribution in [3.63, 3.8) is 0 Å². The van der Waals surface area contributed by atoms with Crippen LogP contribution >= 0.6 is 0 Å². The molecule has 0 fully saturated rings. The zero-order chi connectivity index (χ0) is 44.7. The molecule has 0 N–H and O–H groups in total. The van der Waals surface area contributed by atoms with Gasteiger partial charge < -0.3 is 4.57 Å².